The van der Waals surface area contributed by atoms with Crippen molar-refractivity contribution in [2.75, 3.05) is 18.0 Å². The first-order chi connectivity index (χ1) is 18.5. The molecule has 0 spiro atoms. The van der Waals surface area contributed by atoms with Gasteiger partial charge in [-0.15, -0.1) is 0 Å². The number of hydrogen-bond donors (Lipinski definition) is 0. The third-order valence-corrected chi connectivity index (χ3v) is 7.05. The maximum atomic E-state index is 15.0. The van der Waals surface area contributed by atoms with E-state index in [0.717, 1.165) is 31.5 Å². The standard InChI is InChI=1S/C25H22ClF4N7O2/c1-12-9-36(11-18(39-12)13-8-31-37(10-13)15-4-5-15)24-33-19(16-6-3-14(26)7-17(16)27)20-21(34-24)22(38)35(2)23(32-20)25(28,29)30/h3,6-8,10,12,15,18H,4-5,9,11H2,1-2H3/t12-,18+/m1/s1. The smallest absolute Gasteiger partial charge is 0.367 e. The first kappa shape index (κ1) is 25.7. The van der Waals surface area contributed by atoms with Crippen LogP contribution in [0.2, 0.25) is 5.02 Å². The lowest BCUT2D eigenvalue weighted by molar-refractivity contribution is -0.147. The number of halogens is 5. The molecule has 4 aromatic rings. The molecule has 9 nitrogen and oxygen atoms in total. The van der Waals surface area contributed by atoms with E-state index in [2.05, 4.69) is 20.1 Å². The molecular weight excluding hydrogens is 542 g/mol. The lowest BCUT2D eigenvalue weighted by atomic mass is 10.1. The molecule has 204 valence electrons. The van der Waals surface area contributed by atoms with Crippen LogP contribution in [-0.2, 0) is 18.0 Å². The number of benzene rings is 1. The molecule has 1 aromatic carbocycles. The zero-order valence-corrected chi connectivity index (χ0v) is 21.5. The molecule has 0 N–H and O–H groups in total. The van der Waals surface area contributed by atoms with Crippen molar-refractivity contribution in [1.82, 2.24) is 29.3 Å². The predicted molar refractivity (Wildman–Crippen MR) is 134 cm³/mol. The van der Waals surface area contributed by atoms with E-state index in [9.17, 15) is 18.0 Å². The monoisotopic (exact) mass is 563 g/mol. The zero-order valence-electron chi connectivity index (χ0n) is 20.8. The van der Waals surface area contributed by atoms with E-state index >= 15 is 4.39 Å². The van der Waals surface area contributed by atoms with Crippen LogP contribution in [0.4, 0.5) is 23.5 Å². The number of anilines is 1. The van der Waals surface area contributed by atoms with Crippen LogP contribution < -0.4 is 10.5 Å². The number of morpholine rings is 1. The van der Waals surface area contributed by atoms with Crippen molar-refractivity contribution in [2.24, 2.45) is 7.05 Å². The van der Waals surface area contributed by atoms with E-state index in [1.807, 2.05) is 17.8 Å². The first-order valence-corrected chi connectivity index (χ1v) is 12.6. The fraction of sp³-hybridized carbons (Fsp3) is 0.400. The molecule has 0 amide bonds. The van der Waals surface area contributed by atoms with Crippen molar-refractivity contribution in [3.05, 3.63) is 63.2 Å². The number of ether oxygens (including phenoxy) is 1. The van der Waals surface area contributed by atoms with Crippen molar-refractivity contribution >= 4 is 28.6 Å². The van der Waals surface area contributed by atoms with E-state index in [-0.39, 0.29) is 40.4 Å². The van der Waals surface area contributed by atoms with Crippen LogP contribution in [0, 0.1) is 5.82 Å². The second kappa shape index (κ2) is 9.26. The van der Waals surface area contributed by atoms with Crippen LogP contribution in [0.15, 0.2) is 35.4 Å². The fourth-order valence-corrected chi connectivity index (χ4v) is 4.91. The summed E-state index contributed by atoms with van der Waals surface area (Å²) in [5, 5.41) is 4.52. The average Bonchev–Trinajstić information content (AvgIpc) is 3.61. The minimum Gasteiger partial charge on any atom is -0.367 e. The van der Waals surface area contributed by atoms with Crippen molar-refractivity contribution in [2.45, 2.75) is 44.2 Å². The van der Waals surface area contributed by atoms with Gasteiger partial charge < -0.3 is 9.64 Å². The summed E-state index contributed by atoms with van der Waals surface area (Å²) in [7, 11) is 0.965. The Balaban J connectivity index is 1.50. The maximum Gasteiger partial charge on any atom is 0.449 e. The molecular formula is C25H22ClF4N7O2. The highest BCUT2D eigenvalue weighted by Crippen LogP contribution is 2.37. The van der Waals surface area contributed by atoms with E-state index in [0.29, 0.717) is 17.2 Å². The molecule has 0 unspecified atom stereocenters. The number of aromatic nitrogens is 6. The molecule has 1 saturated carbocycles. The SMILES string of the molecule is C[C@@H]1CN(c2nc(-c3ccc(Cl)cc3F)c3nc(C(F)(F)F)n(C)c(=O)c3n2)C[C@@H](c2cnn(C3CC3)c2)O1. The maximum absolute atomic E-state index is 15.0. The van der Waals surface area contributed by atoms with Gasteiger partial charge in [0.2, 0.25) is 11.8 Å². The number of hydrogen-bond acceptors (Lipinski definition) is 7. The zero-order chi connectivity index (χ0) is 27.6. The molecule has 39 heavy (non-hydrogen) atoms. The molecule has 2 fully saturated rings. The van der Waals surface area contributed by atoms with E-state index in [1.165, 1.54) is 12.1 Å². The molecule has 1 aliphatic heterocycles. The van der Waals surface area contributed by atoms with Gasteiger partial charge in [0.25, 0.3) is 5.56 Å². The van der Waals surface area contributed by atoms with Crippen molar-refractivity contribution in [3.63, 3.8) is 0 Å². The van der Waals surface area contributed by atoms with Gasteiger partial charge in [-0.25, -0.2) is 19.3 Å². The Morgan fingerprint density at radius 1 is 1.10 bits per heavy atom. The van der Waals surface area contributed by atoms with Gasteiger partial charge in [-0.3, -0.25) is 14.0 Å². The van der Waals surface area contributed by atoms with E-state index < -0.39 is 35.0 Å². The Bertz CT molecular complexity index is 1650. The lowest BCUT2D eigenvalue weighted by Gasteiger charge is -2.36. The highest BCUT2D eigenvalue weighted by Gasteiger charge is 2.38. The van der Waals surface area contributed by atoms with Crippen LogP contribution >= 0.6 is 11.6 Å². The summed E-state index contributed by atoms with van der Waals surface area (Å²) in [6.07, 6.45) is 0.210. The third kappa shape index (κ3) is 4.73. The van der Waals surface area contributed by atoms with Crippen molar-refractivity contribution in [1.29, 1.82) is 0 Å². The molecule has 3 aromatic heterocycles. The Morgan fingerprint density at radius 2 is 1.87 bits per heavy atom. The lowest BCUT2D eigenvalue weighted by Crippen LogP contribution is -2.44. The van der Waals surface area contributed by atoms with Crippen LogP contribution in [-0.4, -0.2) is 48.5 Å². The molecule has 2 atom stereocenters. The Morgan fingerprint density at radius 3 is 2.56 bits per heavy atom. The fourth-order valence-electron chi connectivity index (χ4n) is 4.75. The Kier molecular flexibility index (Phi) is 6.10. The Labute approximate surface area is 224 Å². The molecule has 1 aliphatic carbocycles. The van der Waals surface area contributed by atoms with Crippen LogP contribution in [0.25, 0.3) is 22.3 Å². The molecule has 0 radical (unpaired) electrons. The van der Waals surface area contributed by atoms with Crippen molar-refractivity contribution < 1.29 is 22.3 Å². The summed E-state index contributed by atoms with van der Waals surface area (Å²) >= 11 is 5.90. The van der Waals surface area contributed by atoms with Crippen LogP contribution in [0.5, 0.6) is 0 Å². The summed E-state index contributed by atoms with van der Waals surface area (Å²) < 4.78 is 64.6. The van der Waals surface area contributed by atoms with Gasteiger partial charge in [0.15, 0.2) is 5.52 Å². The minimum atomic E-state index is -4.94. The van der Waals surface area contributed by atoms with Crippen LogP contribution in [0.1, 0.15) is 43.3 Å². The summed E-state index contributed by atoms with van der Waals surface area (Å²) in [5.41, 5.74) is -1.41. The summed E-state index contributed by atoms with van der Waals surface area (Å²) in [4.78, 5) is 27.4. The molecule has 14 heteroatoms. The Hall–Kier alpha value is -3.58. The van der Waals surface area contributed by atoms with Gasteiger partial charge in [-0.05, 0) is 38.0 Å². The highest BCUT2D eigenvalue weighted by atomic mass is 35.5. The summed E-state index contributed by atoms with van der Waals surface area (Å²) in [6, 6.07) is 4.07. The van der Waals surface area contributed by atoms with Gasteiger partial charge in [-0.2, -0.15) is 18.3 Å². The number of alkyl halides is 3. The van der Waals surface area contributed by atoms with Gasteiger partial charge >= 0.3 is 6.18 Å². The van der Waals surface area contributed by atoms with Gasteiger partial charge in [-0.1, -0.05) is 11.6 Å². The largest absolute Gasteiger partial charge is 0.449 e. The molecule has 6 rings (SSSR count). The second-order valence-corrected chi connectivity index (χ2v) is 10.3. The minimum absolute atomic E-state index is 0.0419. The van der Waals surface area contributed by atoms with E-state index in [4.69, 9.17) is 16.3 Å². The summed E-state index contributed by atoms with van der Waals surface area (Å²) in [5.74, 6) is -2.23. The quantitative estimate of drug-likeness (QED) is 0.332. The highest BCUT2D eigenvalue weighted by molar-refractivity contribution is 6.30. The summed E-state index contributed by atoms with van der Waals surface area (Å²) in [6.45, 7) is 2.47. The first-order valence-electron chi connectivity index (χ1n) is 12.3. The topological polar surface area (TPSA) is 91.0 Å². The van der Waals surface area contributed by atoms with Crippen LogP contribution in [0.3, 0.4) is 0 Å². The number of rotatable bonds is 4. The molecule has 0 bridgehead atoms. The van der Waals surface area contributed by atoms with Gasteiger partial charge in [0.05, 0.1) is 24.9 Å². The third-order valence-electron chi connectivity index (χ3n) is 6.81. The van der Waals surface area contributed by atoms with Gasteiger partial charge in [0.1, 0.15) is 23.1 Å². The normalized spacial score (nSPS) is 20.1. The van der Waals surface area contributed by atoms with E-state index in [1.54, 1.807) is 11.1 Å². The van der Waals surface area contributed by atoms with Crippen molar-refractivity contribution in [3.8, 4) is 11.3 Å². The molecule has 4 heterocycles. The molecule has 1 saturated heterocycles. The van der Waals surface area contributed by atoms with Gasteiger partial charge in [0, 0.05) is 35.9 Å². The predicted octanol–water partition coefficient (Wildman–Crippen LogP) is 4.70. The average molecular weight is 564 g/mol. The number of fused-ring (bicyclic) bond motifs is 1. The number of nitrogens with zero attached hydrogens (tertiary/aromatic N) is 7. The molecule has 2 aliphatic rings. The second-order valence-electron chi connectivity index (χ2n) is 9.82.